The molecule has 1 heterocycles. The Bertz CT molecular complexity index is 691. The third-order valence-corrected chi connectivity index (χ3v) is 3.55. The van der Waals surface area contributed by atoms with Gasteiger partial charge < -0.3 is 10.6 Å². The van der Waals surface area contributed by atoms with Crippen molar-refractivity contribution >= 4 is 33.3 Å². The van der Waals surface area contributed by atoms with E-state index in [0.717, 1.165) is 21.5 Å². The number of benzene rings is 1. The van der Waals surface area contributed by atoms with Crippen molar-refractivity contribution in [2.24, 2.45) is 0 Å². The van der Waals surface area contributed by atoms with Crippen LogP contribution in [0.15, 0.2) is 29.0 Å². The van der Waals surface area contributed by atoms with Crippen molar-refractivity contribution in [3.05, 3.63) is 40.1 Å². The number of nitrogens with one attached hydrogen (secondary N) is 2. The summed E-state index contributed by atoms with van der Waals surface area (Å²) in [7, 11) is 1.83. The van der Waals surface area contributed by atoms with Gasteiger partial charge in [0.2, 0.25) is 0 Å². The maximum absolute atomic E-state index is 9.22. The lowest BCUT2D eigenvalue weighted by Crippen LogP contribution is -2.07. The average Bonchev–Trinajstić information content (AvgIpc) is 2.47. The summed E-state index contributed by atoms with van der Waals surface area (Å²) in [5.41, 5.74) is 2.27. The second-order valence-corrected chi connectivity index (χ2v) is 5.73. The van der Waals surface area contributed by atoms with Gasteiger partial charge in [-0.05, 0) is 24.1 Å². The van der Waals surface area contributed by atoms with E-state index in [9.17, 15) is 5.26 Å². The van der Waals surface area contributed by atoms with E-state index < -0.39 is 0 Å². The van der Waals surface area contributed by atoms with Crippen LogP contribution in [0, 0.1) is 11.3 Å². The summed E-state index contributed by atoms with van der Waals surface area (Å²) in [5.74, 6) is 1.74. The number of nitrogens with zero attached hydrogens (tertiary/aromatic N) is 3. The fraction of sp³-hybridized carbons (Fsp3) is 0.267. The molecule has 6 heteroatoms. The van der Waals surface area contributed by atoms with Gasteiger partial charge in [0, 0.05) is 17.1 Å². The van der Waals surface area contributed by atoms with Gasteiger partial charge in [0.25, 0.3) is 0 Å². The van der Waals surface area contributed by atoms with Crippen LogP contribution in [0.4, 0.5) is 17.3 Å². The zero-order valence-electron chi connectivity index (χ0n) is 12.1. The Hall–Kier alpha value is -2.13. The highest BCUT2D eigenvalue weighted by molar-refractivity contribution is 9.10. The van der Waals surface area contributed by atoms with E-state index in [1.54, 1.807) is 6.07 Å². The Labute approximate surface area is 132 Å². The minimum Gasteiger partial charge on any atom is -0.373 e. The summed E-state index contributed by atoms with van der Waals surface area (Å²) in [5, 5.41) is 15.5. The van der Waals surface area contributed by atoms with Crippen LogP contribution in [0.5, 0.6) is 0 Å². The molecular weight excluding hydrogens is 330 g/mol. The van der Waals surface area contributed by atoms with Gasteiger partial charge in [0.15, 0.2) is 0 Å². The summed E-state index contributed by atoms with van der Waals surface area (Å²) in [6.07, 6.45) is 1.50. The SMILES string of the molecule is CNc1ncnc(Nc2cc(Br)ccc2C#N)c1C(C)C. The van der Waals surface area contributed by atoms with Crippen LogP contribution >= 0.6 is 15.9 Å². The van der Waals surface area contributed by atoms with Crippen LogP contribution in [-0.4, -0.2) is 17.0 Å². The number of anilines is 3. The van der Waals surface area contributed by atoms with Crippen molar-refractivity contribution in [1.82, 2.24) is 9.97 Å². The molecule has 0 bridgehead atoms. The van der Waals surface area contributed by atoms with E-state index >= 15 is 0 Å². The standard InChI is InChI=1S/C15H16BrN5/c1-9(2)13-14(18-3)19-8-20-15(13)21-12-6-11(16)5-4-10(12)7-17/h4-6,8-9H,1-3H3,(H2,18,19,20,21). The zero-order valence-corrected chi connectivity index (χ0v) is 13.7. The van der Waals surface area contributed by atoms with Crippen molar-refractivity contribution in [3.63, 3.8) is 0 Å². The van der Waals surface area contributed by atoms with Crippen LogP contribution in [-0.2, 0) is 0 Å². The largest absolute Gasteiger partial charge is 0.373 e. The Morgan fingerprint density at radius 1 is 1.24 bits per heavy atom. The van der Waals surface area contributed by atoms with Crippen molar-refractivity contribution in [2.45, 2.75) is 19.8 Å². The Morgan fingerprint density at radius 3 is 2.57 bits per heavy atom. The molecule has 0 unspecified atom stereocenters. The van der Waals surface area contributed by atoms with Crippen LogP contribution in [0.1, 0.15) is 30.9 Å². The van der Waals surface area contributed by atoms with Crippen molar-refractivity contribution in [2.75, 3.05) is 17.7 Å². The fourth-order valence-electron chi connectivity index (χ4n) is 2.09. The van der Waals surface area contributed by atoms with Gasteiger partial charge in [-0.3, -0.25) is 0 Å². The molecule has 0 fully saturated rings. The van der Waals surface area contributed by atoms with Crippen LogP contribution in [0.3, 0.4) is 0 Å². The first-order valence-electron chi connectivity index (χ1n) is 6.56. The molecule has 0 aliphatic rings. The lowest BCUT2D eigenvalue weighted by Gasteiger charge is -2.17. The van der Waals surface area contributed by atoms with E-state index in [2.05, 4.69) is 56.4 Å². The molecule has 0 saturated carbocycles. The summed E-state index contributed by atoms with van der Waals surface area (Å²) < 4.78 is 0.901. The van der Waals surface area contributed by atoms with Gasteiger partial charge in [-0.1, -0.05) is 29.8 Å². The highest BCUT2D eigenvalue weighted by Crippen LogP contribution is 2.31. The van der Waals surface area contributed by atoms with Crippen LogP contribution < -0.4 is 10.6 Å². The highest BCUT2D eigenvalue weighted by Gasteiger charge is 2.15. The van der Waals surface area contributed by atoms with E-state index in [1.807, 2.05) is 19.2 Å². The van der Waals surface area contributed by atoms with Gasteiger partial charge in [-0.25, -0.2) is 9.97 Å². The predicted octanol–water partition coefficient (Wildman–Crippen LogP) is 4.02. The number of nitriles is 1. The molecular formula is C15H16BrN5. The number of halogens is 1. The summed E-state index contributed by atoms with van der Waals surface area (Å²) in [4.78, 5) is 8.57. The topological polar surface area (TPSA) is 73.6 Å². The molecule has 0 radical (unpaired) electrons. The molecule has 21 heavy (non-hydrogen) atoms. The lowest BCUT2D eigenvalue weighted by molar-refractivity contribution is 0.852. The fourth-order valence-corrected chi connectivity index (χ4v) is 2.45. The van der Waals surface area contributed by atoms with E-state index in [0.29, 0.717) is 11.4 Å². The molecule has 0 amide bonds. The summed E-state index contributed by atoms with van der Waals surface area (Å²) in [6, 6.07) is 7.65. The number of hydrogen-bond acceptors (Lipinski definition) is 5. The van der Waals surface area contributed by atoms with E-state index in [1.165, 1.54) is 6.33 Å². The first-order valence-corrected chi connectivity index (χ1v) is 7.35. The second-order valence-electron chi connectivity index (χ2n) is 4.82. The van der Waals surface area contributed by atoms with Crippen LogP contribution in [0.25, 0.3) is 0 Å². The number of hydrogen-bond donors (Lipinski definition) is 2. The molecule has 108 valence electrons. The molecule has 1 aromatic heterocycles. The van der Waals surface area contributed by atoms with Crippen molar-refractivity contribution in [3.8, 4) is 6.07 Å². The molecule has 2 N–H and O–H groups in total. The van der Waals surface area contributed by atoms with Gasteiger partial charge in [-0.15, -0.1) is 0 Å². The maximum Gasteiger partial charge on any atom is 0.139 e. The highest BCUT2D eigenvalue weighted by atomic mass is 79.9. The Kier molecular flexibility index (Phi) is 4.76. The van der Waals surface area contributed by atoms with Crippen molar-refractivity contribution in [1.29, 1.82) is 5.26 Å². The van der Waals surface area contributed by atoms with Crippen LogP contribution in [0.2, 0.25) is 0 Å². The molecule has 2 aromatic rings. The second kappa shape index (κ2) is 6.55. The third kappa shape index (κ3) is 3.31. The minimum atomic E-state index is 0.244. The van der Waals surface area contributed by atoms with E-state index in [-0.39, 0.29) is 5.92 Å². The molecule has 0 spiro atoms. The number of rotatable bonds is 4. The monoisotopic (exact) mass is 345 g/mol. The zero-order chi connectivity index (χ0) is 15.4. The van der Waals surface area contributed by atoms with Crippen molar-refractivity contribution < 1.29 is 0 Å². The molecule has 0 saturated heterocycles. The lowest BCUT2D eigenvalue weighted by atomic mass is 10.0. The van der Waals surface area contributed by atoms with Gasteiger partial charge in [0.05, 0.1) is 11.3 Å². The maximum atomic E-state index is 9.22. The predicted molar refractivity (Wildman–Crippen MR) is 87.8 cm³/mol. The quantitative estimate of drug-likeness (QED) is 0.875. The molecule has 0 atom stereocenters. The smallest absolute Gasteiger partial charge is 0.139 e. The Balaban J connectivity index is 2.50. The minimum absolute atomic E-state index is 0.244. The molecule has 1 aromatic carbocycles. The van der Waals surface area contributed by atoms with E-state index in [4.69, 9.17) is 0 Å². The first-order chi connectivity index (χ1) is 10.1. The summed E-state index contributed by atoms with van der Waals surface area (Å²) >= 11 is 3.42. The number of aromatic nitrogens is 2. The third-order valence-electron chi connectivity index (χ3n) is 3.05. The van der Waals surface area contributed by atoms with Gasteiger partial charge in [0.1, 0.15) is 24.0 Å². The molecule has 2 rings (SSSR count). The molecule has 0 aliphatic carbocycles. The average molecular weight is 346 g/mol. The Morgan fingerprint density at radius 2 is 1.95 bits per heavy atom. The van der Waals surface area contributed by atoms with Gasteiger partial charge in [-0.2, -0.15) is 5.26 Å². The summed E-state index contributed by atoms with van der Waals surface area (Å²) in [6.45, 7) is 4.16. The molecule has 5 nitrogen and oxygen atoms in total. The first kappa shape index (κ1) is 15.3. The van der Waals surface area contributed by atoms with Gasteiger partial charge >= 0.3 is 0 Å². The normalized spacial score (nSPS) is 10.3. The molecule has 0 aliphatic heterocycles.